The monoisotopic (exact) mass is 525 g/mol. The Labute approximate surface area is 200 Å². The number of hydrogen-bond acceptors (Lipinski definition) is 5. The Hall–Kier alpha value is -1.90. The van der Waals surface area contributed by atoms with Crippen LogP contribution in [-0.4, -0.2) is 42.3 Å². The van der Waals surface area contributed by atoms with Crippen LogP contribution in [0.15, 0.2) is 59.5 Å². The quantitative estimate of drug-likeness (QED) is 0.321. The van der Waals surface area contributed by atoms with Gasteiger partial charge in [0.25, 0.3) is 0 Å². The summed E-state index contributed by atoms with van der Waals surface area (Å²) in [6.45, 7) is 9.46. The van der Waals surface area contributed by atoms with E-state index in [4.69, 9.17) is 9.47 Å². The van der Waals surface area contributed by atoms with Crippen molar-refractivity contribution in [2.45, 2.75) is 57.7 Å². The fourth-order valence-corrected chi connectivity index (χ4v) is 5.04. The zero-order chi connectivity index (χ0) is 23.9. The van der Waals surface area contributed by atoms with Crippen LogP contribution >= 0.6 is 15.9 Å². The third kappa shape index (κ3) is 7.32. The fourth-order valence-electron chi connectivity index (χ4n) is 3.18. The van der Waals surface area contributed by atoms with E-state index in [-0.39, 0.29) is 17.4 Å². The van der Waals surface area contributed by atoms with Gasteiger partial charge in [0, 0.05) is 11.9 Å². The predicted octanol–water partition coefficient (Wildman–Crippen LogP) is 5.02. The smallest absolute Gasteiger partial charge is 0.325 e. The van der Waals surface area contributed by atoms with Crippen molar-refractivity contribution in [2.24, 2.45) is 5.92 Å². The third-order valence-corrected chi connectivity index (χ3v) is 6.71. The Balaban J connectivity index is 2.49. The maximum atomic E-state index is 13.7. The average Bonchev–Trinajstić information content (AvgIpc) is 2.71. The molecule has 0 N–H and O–H groups in total. The second-order valence-corrected chi connectivity index (χ2v) is 11.5. The molecule has 176 valence electrons. The number of carbonyl (C=O) groups excluding carboxylic acids is 1. The number of nitrogens with zero attached hydrogens (tertiary/aromatic N) is 1. The first kappa shape index (κ1) is 26.4. The summed E-state index contributed by atoms with van der Waals surface area (Å²) in [5, 5.41) is 0.670. The van der Waals surface area contributed by atoms with E-state index < -0.39 is 27.6 Å². The van der Waals surface area contributed by atoms with E-state index in [1.807, 2.05) is 44.2 Å². The molecule has 0 saturated heterocycles. The summed E-state index contributed by atoms with van der Waals surface area (Å²) in [6.07, 6.45) is 0. The Morgan fingerprint density at radius 2 is 1.62 bits per heavy atom. The second kappa shape index (κ2) is 11.3. The van der Waals surface area contributed by atoms with Gasteiger partial charge in [0.2, 0.25) is 10.0 Å². The lowest BCUT2D eigenvalue weighted by Gasteiger charge is -2.34. The molecule has 2 aromatic rings. The van der Waals surface area contributed by atoms with Crippen LogP contribution in [0.25, 0.3) is 0 Å². The molecule has 0 aliphatic rings. The summed E-state index contributed by atoms with van der Waals surface area (Å²) in [5.41, 5.74) is 0.0448. The first-order valence-electron chi connectivity index (χ1n) is 10.5. The number of halogens is 1. The molecule has 2 aromatic carbocycles. The summed E-state index contributed by atoms with van der Waals surface area (Å²) < 4.78 is 39.9. The minimum atomic E-state index is -4.01. The number of carbonyl (C=O) groups is 1. The van der Waals surface area contributed by atoms with E-state index in [1.54, 1.807) is 32.9 Å². The molecule has 0 saturated carbocycles. The van der Waals surface area contributed by atoms with E-state index in [0.29, 0.717) is 17.7 Å². The van der Waals surface area contributed by atoms with Crippen molar-refractivity contribution in [3.63, 3.8) is 0 Å². The molecule has 8 heteroatoms. The van der Waals surface area contributed by atoms with Gasteiger partial charge in [-0.2, -0.15) is 4.31 Å². The van der Waals surface area contributed by atoms with E-state index in [0.717, 1.165) is 5.56 Å². The van der Waals surface area contributed by atoms with Gasteiger partial charge >= 0.3 is 5.97 Å². The Morgan fingerprint density at radius 1 is 1.03 bits per heavy atom. The largest absolute Gasteiger partial charge is 0.493 e. The molecule has 6 nitrogen and oxygen atoms in total. The van der Waals surface area contributed by atoms with Crippen molar-refractivity contribution in [3.05, 3.63) is 60.2 Å². The van der Waals surface area contributed by atoms with Crippen molar-refractivity contribution in [2.75, 3.05) is 11.9 Å². The number of alkyl halides is 1. The van der Waals surface area contributed by atoms with Gasteiger partial charge in [0.05, 0.1) is 11.5 Å². The second-order valence-electron chi connectivity index (χ2n) is 8.77. The zero-order valence-corrected chi connectivity index (χ0v) is 21.6. The number of benzene rings is 2. The van der Waals surface area contributed by atoms with Crippen molar-refractivity contribution < 1.29 is 22.7 Å². The first-order valence-corrected chi connectivity index (χ1v) is 13.1. The maximum Gasteiger partial charge on any atom is 0.325 e. The summed E-state index contributed by atoms with van der Waals surface area (Å²) in [6, 6.07) is 14.5. The summed E-state index contributed by atoms with van der Waals surface area (Å²) in [4.78, 5) is 13.2. The SMILES string of the molecule is CC(C)[C@H](C(=O)OC(C)(C)C)N(Cc1ccccc1)S(=O)(=O)c1ccc(OCCBr)cc1. The summed E-state index contributed by atoms with van der Waals surface area (Å²) in [5.74, 6) is -0.292. The molecule has 0 amide bonds. The molecule has 32 heavy (non-hydrogen) atoms. The molecule has 0 unspecified atom stereocenters. The van der Waals surface area contributed by atoms with Gasteiger partial charge in [-0.1, -0.05) is 60.1 Å². The normalized spacial score (nSPS) is 13.2. The fraction of sp³-hybridized carbons (Fsp3) is 0.458. The summed E-state index contributed by atoms with van der Waals surface area (Å²) in [7, 11) is -4.01. The Kier molecular flexibility index (Phi) is 9.30. The highest BCUT2D eigenvalue weighted by molar-refractivity contribution is 9.09. The highest BCUT2D eigenvalue weighted by atomic mass is 79.9. The maximum absolute atomic E-state index is 13.7. The number of sulfonamides is 1. The molecule has 0 heterocycles. The average molecular weight is 526 g/mol. The lowest BCUT2D eigenvalue weighted by molar-refractivity contribution is -0.161. The molecule has 0 aliphatic carbocycles. The Bertz CT molecular complexity index is 970. The highest BCUT2D eigenvalue weighted by Crippen LogP contribution is 2.28. The van der Waals surface area contributed by atoms with Gasteiger partial charge in [-0.25, -0.2) is 8.42 Å². The molecule has 1 atom stereocenters. The van der Waals surface area contributed by atoms with Crippen molar-refractivity contribution in [1.82, 2.24) is 4.31 Å². The van der Waals surface area contributed by atoms with Crippen LogP contribution in [0.3, 0.4) is 0 Å². The minimum absolute atomic E-state index is 0.0487. The standard InChI is InChI=1S/C24H32BrNO5S/c1-18(2)22(23(27)31-24(3,4)5)26(17-19-9-7-6-8-10-19)32(28,29)21-13-11-20(12-14-21)30-16-15-25/h6-14,18,22H,15-17H2,1-5H3/t22-/m1/s1. The van der Waals surface area contributed by atoms with Gasteiger partial charge in [0.1, 0.15) is 17.4 Å². The van der Waals surface area contributed by atoms with Crippen LogP contribution < -0.4 is 4.74 Å². The van der Waals surface area contributed by atoms with Crippen molar-refractivity contribution >= 4 is 31.9 Å². The molecule has 0 spiro atoms. The number of rotatable bonds is 10. The van der Waals surface area contributed by atoms with E-state index in [1.165, 1.54) is 16.4 Å². The van der Waals surface area contributed by atoms with Crippen LogP contribution in [0, 0.1) is 5.92 Å². The van der Waals surface area contributed by atoms with Crippen molar-refractivity contribution in [1.29, 1.82) is 0 Å². The highest BCUT2D eigenvalue weighted by Gasteiger charge is 2.40. The Morgan fingerprint density at radius 3 is 2.12 bits per heavy atom. The molecule has 0 fully saturated rings. The lowest BCUT2D eigenvalue weighted by atomic mass is 10.0. The van der Waals surface area contributed by atoms with E-state index >= 15 is 0 Å². The molecule has 0 aliphatic heterocycles. The van der Waals surface area contributed by atoms with Gasteiger partial charge < -0.3 is 9.47 Å². The molecule has 0 radical (unpaired) electrons. The minimum Gasteiger partial charge on any atom is -0.493 e. The van der Waals surface area contributed by atoms with Gasteiger partial charge in [0.15, 0.2) is 0 Å². The zero-order valence-electron chi connectivity index (χ0n) is 19.2. The number of ether oxygens (including phenoxy) is 2. The van der Waals surface area contributed by atoms with Crippen LogP contribution in [0.1, 0.15) is 40.2 Å². The van der Waals surface area contributed by atoms with Crippen LogP contribution in [-0.2, 0) is 26.1 Å². The van der Waals surface area contributed by atoms with E-state index in [9.17, 15) is 13.2 Å². The molecule has 0 aromatic heterocycles. The van der Waals surface area contributed by atoms with Gasteiger partial charge in [-0.15, -0.1) is 0 Å². The molecular formula is C24H32BrNO5S. The van der Waals surface area contributed by atoms with Crippen LogP contribution in [0.5, 0.6) is 5.75 Å². The van der Waals surface area contributed by atoms with Crippen LogP contribution in [0.2, 0.25) is 0 Å². The van der Waals surface area contributed by atoms with Crippen LogP contribution in [0.4, 0.5) is 0 Å². The predicted molar refractivity (Wildman–Crippen MR) is 129 cm³/mol. The number of hydrogen-bond donors (Lipinski definition) is 0. The topological polar surface area (TPSA) is 72.9 Å². The van der Waals surface area contributed by atoms with Crippen molar-refractivity contribution in [3.8, 4) is 5.75 Å². The van der Waals surface area contributed by atoms with Gasteiger partial charge in [-0.05, 0) is 56.5 Å². The molecule has 2 rings (SSSR count). The molecular weight excluding hydrogens is 494 g/mol. The molecule has 0 bridgehead atoms. The first-order chi connectivity index (χ1) is 15.0. The van der Waals surface area contributed by atoms with E-state index in [2.05, 4.69) is 15.9 Å². The third-order valence-electron chi connectivity index (χ3n) is 4.55. The number of esters is 1. The van der Waals surface area contributed by atoms with Gasteiger partial charge in [-0.3, -0.25) is 4.79 Å². The summed E-state index contributed by atoms with van der Waals surface area (Å²) >= 11 is 3.30. The lowest BCUT2D eigenvalue weighted by Crippen LogP contribution is -2.49.